The largest absolute Gasteiger partial charge is 0.480 e. The third-order valence-corrected chi connectivity index (χ3v) is 3.82. The van der Waals surface area contributed by atoms with E-state index in [9.17, 15) is 14.7 Å². The fourth-order valence-corrected chi connectivity index (χ4v) is 2.51. The number of carbonyl (C=O) groups is 2. The molecule has 5 N–H and O–H groups in total. The molecule has 0 spiro atoms. The maximum Gasteiger partial charge on any atom is 0.326 e. The molecule has 1 rings (SSSR count). The lowest BCUT2D eigenvalue weighted by atomic mass is 9.94. The first-order chi connectivity index (χ1) is 10.3. The van der Waals surface area contributed by atoms with Crippen LogP contribution in [0.15, 0.2) is 24.3 Å². The molecule has 22 heavy (non-hydrogen) atoms. The maximum atomic E-state index is 12.1. The van der Waals surface area contributed by atoms with Crippen molar-refractivity contribution in [2.75, 3.05) is 7.05 Å². The Kier molecular flexibility index (Phi) is 7.27. The first kappa shape index (κ1) is 18.4. The van der Waals surface area contributed by atoms with Gasteiger partial charge in [0.1, 0.15) is 6.04 Å². The van der Waals surface area contributed by atoms with Gasteiger partial charge in [-0.3, -0.25) is 4.79 Å². The first-order valence-electron chi connectivity index (χ1n) is 7.67. The minimum absolute atomic E-state index is 0.0614. The van der Waals surface area contributed by atoms with Crippen LogP contribution in [0.1, 0.15) is 26.7 Å². The predicted molar refractivity (Wildman–Crippen MR) is 86.2 cm³/mol. The molecule has 124 valence electrons. The summed E-state index contributed by atoms with van der Waals surface area (Å²) in [6, 6.07) is -1.33. The zero-order valence-corrected chi connectivity index (χ0v) is 13.5. The molecule has 0 saturated carbocycles. The number of nitrogens with two attached hydrogens (primary N) is 1. The van der Waals surface area contributed by atoms with Crippen LogP contribution in [0.2, 0.25) is 0 Å². The van der Waals surface area contributed by atoms with Crippen molar-refractivity contribution in [3.05, 3.63) is 24.3 Å². The fourth-order valence-electron chi connectivity index (χ4n) is 2.51. The van der Waals surface area contributed by atoms with Crippen LogP contribution in [0.4, 0.5) is 0 Å². The van der Waals surface area contributed by atoms with Crippen molar-refractivity contribution >= 4 is 11.9 Å². The van der Waals surface area contributed by atoms with Crippen molar-refractivity contribution in [3.63, 3.8) is 0 Å². The highest BCUT2D eigenvalue weighted by Gasteiger charge is 2.26. The molecule has 1 aliphatic carbocycles. The van der Waals surface area contributed by atoms with Crippen LogP contribution < -0.4 is 16.4 Å². The zero-order chi connectivity index (χ0) is 16.7. The van der Waals surface area contributed by atoms with Gasteiger partial charge >= 0.3 is 5.97 Å². The van der Waals surface area contributed by atoms with Gasteiger partial charge in [0, 0.05) is 6.04 Å². The van der Waals surface area contributed by atoms with Gasteiger partial charge in [0.25, 0.3) is 0 Å². The van der Waals surface area contributed by atoms with Gasteiger partial charge < -0.3 is 21.5 Å². The van der Waals surface area contributed by atoms with Crippen LogP contribution in [0.5, 0.6) is 0 Å². The van der Waals surface area contributed by atoms with E-state index in [0.29, 0.717) is 12.8 Å². The molecule has 0 aromatic heterocycles. The summed E-state index contributed by atoms with van der Waals surface area (Å²) >= 11 is 0. The lowest BCUT2D eigenvalue weighted by Gasteiger charge is -2.23. The number of amides is 1. The van der Waals surface area contributed by atoms with Gasteiger partial charge in [-0.2, -0.15) is 0 Å². The molecule has 2 atom stereocenters. The van der Waals surface area contributed by atoms with Gasteiger partial charge in [-0.15, -0.1) is 0 Å². The highest BCUT2D eigenvalue weighted by Crippen LogP contribution is 2.16. The summed E-state index contributed by atoms with van der Waals surface area (Å²) in [5.74, 6) is -1.03. The Morgan fingerprint density at radius 3 is 2.27 bits per heavy atom. The third kappa shape index (κ3) is 5.61. The number of carboxylic acid groups (broad SMARTS) is 1. The minimum atomic E-state index is -1.01. The van der Waals surface area contributed by atoms with Crippen LogP contribution in [0, 0.1) is 11.8 Å². The molecule has 0 aliphatic heterocycles. The Hall–Kier alpha value is -1.66. The molecular formula is C16H27N3O3. The van der Waals surface area contributed by atoms with Gasteiger partial charge in [-0.25, -0.2) is 4.79 Å². The van der Waals surface area contributed by atoms with Gasteiger partial charge in [-0.1, -0.05) is 38.2 Å². The van der Waals surface area contributed by atoms with E-state index in [2.05, 4.69) is 10.6 Å². The minimum Gasteiger partial charge on any atom is -0.480 e. The number of likely N-dealkylation sites (N-methyl/N-ethyl adjacent to an activating group) is 1. The molecule has 0 aromatic rings. The topological polar surface area (TPSA) is 104 Å². The highest BCUT2D eigenvalue weighted by molar-refractivity contribution is 5.87. The predicted octanol–water partition coefficient (Wildman–Crippen LogP) is 0.650. The van der Waals surface area contributed by atoms with Crippen molar-refractivity contribution in [1.82, 2.24) is 10.6 Å². The Balaban J connectivity index is 2.55. The molecule has 0 unspecified atom stereocenters. The second-order valence-corrected chi connectivity index (χ2v) is 6.00. The average molecular weight is 309 g/mol. The molecule has 0 radical (unpaired) electrons. The molecule has 6 heteroatoms. The quantitative estimate of drug-likeness (QED) is 0.493. The van der Waals surface area contributed by atoms with Crippen LogP contribution >= 0.6 is 0 Å². The van der Waals surface area contributed by atoms with Gasteiger partial charge in [0.2, 0.25) is 5.91 Å². The van der Waals surface area contributed by atoms with E-state index in [0.717, 1.165) is 0 Å². The monoisotopic (exact) mass is 309 g/mol. The second-order valence-electron chi connectivity index (χ2n) is 6.00. The number of hydrogen-bond donors (Lipinski definition) is 4. The zero-order valence-electron chi connectivity index (χ0n) is 13.5. The number of carbonyl (C=O) groups excluding carboxylic acids is 1. The summed E-state index contributed by atoms with van der Waals surface area (Å²) in [6.07, 6.45) is 8.79. The van der Waals surface area contributed by atoms with Crippen molar-refractivity contribution in [2.24, 2.45) is 17.6 Å². The smallest absolute Gasteiger partial charge is 0.326 e. The fraction of sp³-hybridized carbons (Fsp3) is 0.625. The van der Waals surface area contributed by atoms with Gasteiger partial charge in [0.15, 0.2) is 0 Å². The SMILES string of the molecule is CN[C@@H](C(=O)N[C@H](CCC1C=CC(N)C=C1)C(=O)O)C(C)C. The van der Waals surface area contributed by atoms with Crippen molar-refractivity contribution in [3.8, 4) is 0 Å². The summed E-state index contributed by atoms with van der Waals surface area (Å²) in [5, 5.41) is 14.8. The van der Waals surface area contributed by atoms with Gasteiger partial charge in [-0.05, 0) is 31.7 Å². The Labute approximate surface area is 131 Å². The third-order valence-electron chi connectivity index (χ3n) is 3.82. The van der Waals surface area contributed by atoms with Crippen molar-refractivity contribution in [1.29, 1.82) is 0 Å². The number of hydrogen-bond acceptors (Lipinski definition) is 4. The number of carboxylic acids is 1. The summed E-state index contributed by atoms with van der Waals surface area (Å²) in [5.41, 5.74) is 5.71. The summed E-state index contributed by atoms with van der Waals surface area (Å²) < 4.78 is 0. The van der Waals surface area contributed by atoms with Crippen molar-refractivity contribution in [2.45, 2.75) is 44.8 Å². The second kappa shape index (κ2) is 8.70. The van der Waals surface area contributed by atoms with Gasteiger partial charge in [0.05, 0.1) is 6.04 Å². The molecule has 1 aliphatic rings. The molecule has 0 bridgehead atoms. The molecular weight excluding hydrogens is 282 g/mol. The molecule has 0 fully saturated rings. The normalized spacial score (nSPS) is 23.3. The maximum absolute atomic E-state index is 12.1. The Bertz CT molecular complexity index is 432. The van der Waals surface area contributed by atoms with E-state index >= 15 is 0 Å². The lowest BCUT2D eigenvalue weighted by molar-refractivity contribution is -0.142. The van der Waals surface area contributed by atoms with Crippen LogP contribution in [-0.2, 0) is 9.59 Å². The lowest BCUT2D eigenvalue weighted by Crippen LogP contribution is -2.51. The molecule has 6 nitrogen and oxygen atoms in total. The Morgan fingerprint density at radius 2 is 1.82 bits per heavy atom. The van der Waals surface area contributed by atoms with E-state index in [1.165, 1.54) is 0 Å². The van der Waals surface area contributed by atoms with Crippen LogP contribution in [0.25, 0.3) is 0 Å². The molecule has 0 saturated heterocycles. The average Bonchev–Trinajstić information content (AvgIpc) is 2.45. The number of nitrogens with one attached hydrogen (secondary N) is 2. The van der Waals surface area contributed by atoms with E-state index in [1.54, 1.807) is 7.05 Å². The summed E-state index contributed by atoms with van der Waals surface area (Å²) in [7, 11) is 1.70. The van der Waals surface area contributed by atoms with Crippen LogP contribution in [0.3, 0.4) is 0 Å². The molecule has 0 heterocycles. The Morgan fingerprint density at radius 1 is 1.23 bits per heavy atom. The standard InChI is InChI=1S/C16H27N3O3/c1-10(2)14(18-3)15(20)19-13(16(21)22)9-6-11-4-7-12(17)8-5-11/h4-5,7-8,10-14,18H,6,9,17H2,1-3H3,(H,19,20)(H,21,22)/t11?,12?,13-,14-/m1/s1. The van der Waals surface area contributed by atoms with Crippen molar-refractivity contribution < 1.29 is 14.7 Å². The number of aliphatic carboxylic acids is 1. The summed E-state index contributed by atoms with van der Waals surface area (Å²) in [4.78, 5) is 23.5. The summed E-state index contributed by atoms with van der Waals surface area (Å²) in [6.45, 7) is 3.83. The van der Waals surface area contributed by atoms with E-state index < -0.39 is 18.1 Å². The molecule has 1 amide bonds. The molecule has 0 aromatic carbocycles. The van der Waals surface area contributed by atoms with E-state index in [-0.39, 0.29) is 23.8 Å². The van der Waals surface area contributed by atoms with E-state index in [4.69, 9.17) is 5.73 Å². The number of allylic oxidation sites excluding steroid dienone is 2. The highest BCUT2D eigenvalue weighted by atomic mass is 16.4. The number of rotatable bonds is 8. The van der Waals surface area contributed by atoms with E-state index in [1.807, 2.05) is 38.2 Å². The first-order valence-corrected chi connectivity index (χ1v) is 7.67. The van der Waals surface area contributed by atoms with Crippen LogP contribution in [-0.4, -0.2) is 42.2 Å².